The quantitative estimate of drug-likeness (QED) is 0.510. The molecule has 0 fully saturated rings. The summed E-state index contributed by atoms with van der Waals surface area (Å²) in [4.78, 5) is 0. The average Bonchev–Trinajstić information content (AvgIpc) is 2.47. The first kappa shape index (κ1) is 14.4. The second kappa shape index (κ2) is 6.41. The Hall–Kier alpha value is -2.04. The molecule has 0 heterocycles. The summed E-state index contributed by atoms with van der Waals surface area (Å²) < 4.78 is 0. The fourth-order valence-electron chi connectivity index (χ4n) is 1.70. The second-order valence-electron chi connectivity index (χ2n) is 3.91. The van der Waals surface area contributed by atoms with Crippen LogP contribution in [0, 0.1) is 0 Å². The molecular formula is C14H10Cl2N2O2. The summed E-state index contributed by atoms with van der Waals surface area (Å²) in [7, 11) is 0. The van der Waals surface area contributed by atoms with Crippen LogP contribution in [0.1, 0.15) is 11.1 Å². The van der Waals surface area contributed by atoms with Crippen molar-refractivity contribution in [3.05, 3.63) is 69.7 Å². The normalized spacial score (nSPS) is 12.5. The number of benzene rings is 2. The molecule has 20 heavy (non-hydrogen) atoms. The predicted octanol–water partition coefficient (Wildman–Crippen LogP) is 4.05. The summed E-state index contributed by atoms with van der Waals surface area (Å²) in [6.45, 7) is 0. The van der Waals surface area contributed by atoms with Crippen molar-refractivity contribution < 1.29 is 10.4 Å². The molecule has 2 rings (SSSR count). The Labute approximate surface area is 125 Å². The van der Waals surface area contributed by atoms with Crippen LogP contribution in [0.3, 0.4) is 0 Å². The summed E-state index contributed by atoms with van der Waals surface area (Å²) in [5.41, 5.74) is 1.40. The molecule has 0 aromatic heterocycles. The van der Waals surface area contributed by atoms with Crippen LogP contribution in [0.2, 0.25) is 10.0 Å². The summed E-state index contributed by atoms with van der Waals surface area (Å²) in [6, 6.07) is 13.3. The number of nitrogens with zero attached hydrogens (tertiary/aromatic N) is 2. The standard InChI is InChI=1S/C14H10Cl2N2O2/c15-11-5-1-9(2-6-11)13(17-19)14(18-20)10-3-7-12(16)8-4-10/h1-8,19-20H/b17-13+,18-14+. The van der Waals surface area contributed by atoms with Crippen molar-refractivity contribution in [1.82, 2.24) is 0 Å². The van der Waals surface area contributed by atoms with Crippen LogP contribution in [0.5, 0.6) is 0 Å². The van der Waals surface area contributed by atoms with Gasteiger partial charge in [-0.25, -0.2) is 0 Å². The van der Waals surface area contributed by atoms with Gasteiger partial charge in [0.15, 0.2) is 0 Å². The van der Waals surface area contributed by atoms with Crippen molar-refractivity contribution in [1.29, 1.82) is 0 Å². The predicted molar refractivity (Wildman–Crippen MR) is 79.6 cm³/mol. The van der Waals surface area contributed by atoms with E-state index in [4.69, 9.17) is 23.2 Å². The topological polar surface area (TPSA) is 65.2 Å². The van der Waals surface area contributed by atoms with Crippen molar-refractivity contribution >= 4 is 34.6 Å². The zero-order valence-corrected chi connectivity index (χ0v) is 11.7. The van der Waals surface area contributed by atoms with Gasteiger partial charge in [-0.3, -0.25) is 0 Å². The number of oxime groups is 2. The van der Waals surface area contributed by atoms with Crippen molar-refractivity contribution in [3.8, 4) is 0 Å². The van der Waals surface area contributed by atoms with Crippen LogP contribution >= 0.6 is 23.2 Å². The minimum absolute atomic E-state index is 0.131. The van der Waals surface area contributed by atoms with Gasteiger partial charge >= 0.3 is 0 Å². The third-order valence-electron chi connectivity index (χ3n) is 2.66. The minimum Gasteiger partial charge on any atom is -0.410 e. The first-order chi connectivity index (χ1) is 9.65. The maximum atomic E-state index is 9.20. The SMILES string of the molecule is O/N=C(/C(=N/O)c1ccc(Cl)cc1)c1ccc(Cl)cc1. The highest BCUT2D eigenvalue weighted by Crippen LogP contribution is 2.15. The molecule has 6 heteroatoms. The third kappa shape index (κ3) is 3.10. The van der Waals surface area contributed by atoms with Gasteiger partial charge in [0.05, 0.1) is 0 Å². The molecule has 2 aromatic rings. The molecular weight excluding hydrogens is 299 g/mol. The zero-order chi connectivity index (χ0) is 14.5. The Bertz CT molecular complexity index is 590. The van der Waals surface area contributed by atoms with Gasteiger partial charge in [0.1, 0.15) is 11.4 Å². The van der Waals surface area contributed by atoms with Gasteiger partial charge in [-0.1, -0.05) is 57.8 Å². The maximum Gasteiger partial charge on any atom is 0.139 e. The molecule has 0 saturated carbocycles. The highest BCUT2D eigenvalue weighted by molar-refractivity contribution is 6.53. The lowest BCUT2D eigenvalue weighted by molar-refractivity contribution is 0.314. The largest absolute Gasteiger partial charge is 0.410 e. The van der Waals surface area contributed by atoms with Crippen LogP contribution in [0.4, 0.5) is 0 Å². The van der Waals surface area contributed by atoms with Crippen LogP contribution in [0.25, 0.3) is 0 Å². The van der Waals surface area contributed by atoms with E-state index in [1.165, 1.54) is 0 Å². The Morgan fingerprint density at radius 1 is 0.650 bits per heavy atom. The number of rotatable bonds is 3. The maximum absolute atomic E-state index is 9.20. The summed E-state index contributed by atoms with van der Waals surface area (Å²) in [6.07, 6.45) is 0. The van der Waals surface area contributed by atoms with E-state index in [1.54, 1.807) is 48.5 Å². The summed E-state index contributed by atoms with van der Waals surface area (Å²) >= 11 is 11.6. The van der Waals surface area contributed by atoms with Crippen LogP contribution in [-0.2, 0) is 0 Å². The number of halogens is 2. The van der Waals surface area contributed by atoms with E-state index >= 15 is 0 Å². The Kier molecular flexibility index (Phi) is 4.61. The Morgan fingerprint density at radius 2 is 0.950 bits per heavy atom. The molecule has 2 N–H and O–H groups in total. The molecule has 0 radical (unpaired) electrons. The summed E-state index contributed by atoms with van der Waals surface area (Å²) in [5, 5.41) is 25.9. The van der Waals surface area contributed by atoms with E-state index in [2.05, 4.69) is 10.3 Å². The molecule has 0 aliphatic carbocycles. The van der Waals surface area contributed by atoms with E-state index < -0.39 is 0 Å². The summed E-state index contributed by atoms with van der Waals surface area (Å²) in [5.74, 6) is 0. The zero-order valence-electron chi connectivity index (χ0n) is 10.2. The minimum atomic E-state index is 0.131. The molecule has 0 amide bonds. The van der Waals surface area contributed by atoms with Gasteiger partial charge < -0.3 is 10.4 Å². The Balaban J connectivity index is 2.44. The first-order valence-corrected chi connectivity index (χ1v) is 6.37. The lowest BCUT2D eigenvalue weighted by atomic mass is 10.00. The van der Waals surface area contributed by atoms with Crippen LogP contribution in [0.15, 0.2) is 58.8 Å². The van der Waals surface area contributed by atoms with E-state index in [1.807, 2.05) is 0 Å². The molecule has 0 aliphatic heterocycles. The van der Waals surface area contributed by atoms with Crippen molar-refractivity contribution in [2.24, 2.45) is 10.3 Å². The molecule has 0 bridgehead atoms. The average molecular weight is 309 g/mol. The van der Waals surface area contributed by atoms with E-state index in [-0.39, 0.29) is 11.4 Å². The van der Waals surface area contributed by atoms with Gasteiger partial charge in [-0.05, 0) is 24.3 Å². The highest BCUT2D eigenvalue weighted by Gasteiger charge is 2.15. The molecule has 0 spiro atoms. The smallest absolute Gasteiger partial charge is 0.139 e. The van der Waals surface area contributed by atoms with Gasteiger partial charge in [0.2, 0.25) is 0 Å². The fourth-order valence-corrected chi connectivity index (χ4v) is 1.95. The van der Waals surface area contributed by atoms with Crippen LogP contribution in [-0.4, -0.2) is 21.8 Å². The second-order valence-corrected chi connectivity index (χ2v) is 4.78. The van der Waals surface area contributed by atoms with Crippen LogP contribution < -0.4 is 0 Å². The highest BCUT2D eigenvalue weighted by atomic mass is 35.5. The molecule has 0 saturated heterocycles. The van der Waals surface area contributed by atoms with Crippen molar-refractivity contribution in [3.63, 3.8) is 0 Å². The fraction of sp³-hybridized carbons (Fsp3) is 0. The number of hydrogen-bond acceptors (Lipinski definition) is 4. The molecule has 4 nitrogen and oxygen atoms in total. The van der Waals surface area contributed by atoms with E-state index in [0.29, 0.717) is 21.2 Å². The first-order valence-electron chi connectivity index (χ1n) is 5.62. The lowest BCUT2D eigenvalue weighted by Crippen LogP contribution is -2.17. The monoisotopic (exact) mass is 308 g/mol. The van der Waals surface area contributed by atoms with Gasteiger partial charge in [-0.15, -0.1) is 0 Å². The van der Waals surface area contributed by atoms with Gasteiger partial charge in [0, 0.05) is 21.2 Å². The lowest BCUT2D eigenvalue weighted by Gasteiger charge is -2.07. The molecule has 0 atom stereocenters. The molecule has 0 aliphatic rings. The van der Waals surface area contributed by atoms with Gasteiger partial charge in [-0.2, -0.15) is 0 Å². The van der Waals surface area contributed by atoms with E-state index in [0.717, 1.165) is 0 Å². The van der Waals surface area contributed by atoms with E-state index in [9.17, 15) is 10.4 Å². The molecule has 102 valence electrons. The Morgan fingerprint density at radius 3 is 1.20 bits per heavy atom. The van der Waals surface area contributed by atoms with Crippen molar-refractivity contribution in [2.45, 2.75) is 0 Å². The van der Waals surface area contributed by atoms with Crippen molar-refractivity contribution in [2.75, 3.05) is 0 Å². The number of hydrogen-bond donors (Lipinski definition) is 2. The molecule has 2 aromatic carbocycles. The molecule has 0 unspecified atom stereocenters. The van der Waals surface area contributed by atoms with Gasteiger partial charge in [0.25, 0.3) is 0 Å². The third-order valence-corrected chi connectivity index (χ3v) is 3.16.